The Hall–Kier alpha value is -3.24. The van der Waals surface area contributed by atoms with Gasteiger partial charge in [-0.1, -0.05) is 29.5 Å². The minimum atomic E-state index is -0.127. The number of nitriles is 1. The normalized spacial score (nSPS) is 12.0. The summed E-state index contributed by atoms with van der Waals surface area (Å²) < 4.78 is 10.6. The predicted octanol–water partition coefficient (Wildman–Crippen LogP) is 3.55. The van der Waals surface area contributed by atoms with Crippen LogP contribution in [0.3, 0.4) is 0 Å². The lowest BCUT2D eigenvalue weighted by atomic mass is 10.1. The Bertz CT molecular complexity index is 1110. The molecule has 3 aromatic rings. The predicted molar refractivity (Wildman–Crippen MR) is 106 cm³/mol. The molecule has 0 unspecified atom stereocenters. The fraction of sp³-hybridized carbons (Fsp3) is 0.190. The van der Waals surface area contributed by atoms with Crippen LogP contribution in [0, 0.1) is 18.3 Å². The first-order valence-corrected chi connectivity index (χ1v) is 9.70. The maximum atomic E-state index is 12.2. The van der Waals surface area contributed by atoms with Gasteiger partial charge in [0, 0.05) is 11.9 Å². The molecular weight excluding hydrogens is 374 g/mol. The minimum Gasteiger partial charge on any atom is -0.454 e. The number of thioether (sulfide) groups is 1. The van der Waals surface area contributed by atoms with Crippen LogP contribution in [0.2, 0.25) is 0 Å². The zero-order chi connectivity index (χ0) is 19.5. The van der Waals surface area contributed by atoms with E-state index in [9.17, 15) is 10.1 Å². The van der Waals surface area contributed by atoms with Gasteiger partial charge in [-0.05, 0) is 42.8 Å². The highest BCUT2D eigenvalue weighted by Gasteiger charge is 2.14. The van der Waals surface area contributed by atoms with Crippen molar-refractivity contribution in [1.82, 2.24) is 10.3 Å². The molecule has 4 rings (SSSR count). The van der Waals surface area contributed by atoms with Gasteiger partial charge in [-0.25, -0.2) is 4.98 Å². The first kappa shape index (κ1) is 18.1. The van der Waals surface area contributed by atoms with Crippen molar-refractivity contribution >= 4 is 28.6 Å². The van der Waals surface area contributed by atoms with Crippen molar-refractivity contribution in [3.8, 4) is 17.6 Å². The number of hydrogen-bond donors (Lipinski definition) is 1. The molecule has 1 amide bonds. The van der Waals surface area contributed by atoms with Gasteiger partial charge in [-0.3, -0.25) is 4.79 Å². The van der Waals surface area contributed by atoms with Crippen molar-refractivity contribution in [2.45, 2.75) is 18.5 Å². The number of amides is 1. The molecule has 1 aromatic heterocycles. The Balaban J connectivity index is 1.39. The lowest BCUT2D eigenvalue weighted by Crippen LogP contribution is -2.24. The second-order valence-electron chi connectivity index (χ2n) is 6.40. The van der Waals surface area contributed by atoms with E-state index in [-0.39, 0.29) is 18.5 Å². The van der Waals surface area contributed by atoms with Gasteiger partial charge in [0.2, 0.25) is 12.7 Å². The van der Waals surface area contributed by atoms with Gasteiger partial charge in [-0.2, -0.15) is 5.26 Å². The zero-order valence-corrected chi connectivity index (χ0v) is 16.0. The van der Waals surface area contributed by atoms with Crippen molar-refractivity contribution in [3.63, 3.8) is 0 Å². The molecule has 0 saturated carbocycles. The number of rotatable bonds is 5. The summed E-state index contributed by atoms with van der Waals surface area (Å²) in [6, 6.07) is 15.5. The second kappa shape index (κ2) is 7.79. The Kier molecular flexibility index (Phi) is 5.04. The molecule has 0 saturated heterocycles. The summed E-state index contributed by atoms with van der Waals surface area (Å²) in [5.41, 5.74) is 3.33. The van der Waals surface area contributed by atoms with Crippen LogP contribution in [0.15, 0.2) is 47.5 Å². The number of fused-ring (bicyclic) bond motifs is 2. The molecule has 140 valence electrons. The molecule has 28 heavy (non-hydrogen) atoms. The molecule has 1 aliphatic rings. The number of carbonyl (C=O) groups is 1. The van der Waals surface area contributed by atoms with E-state index in [4.69, 9.17) is 9.47 Å². The van der Waals surface area contributed by atoms with Gasteiger partial charge >= 0.3 is 0 Å². The Morgan fingerprint density at radius 2 is 2.07 bits per heavy atom. The van der Waals surface area contributed by atoms with Crippen LogP contribution in [0.5, 0.6) is 11.5 Å². The monoisotopic (exact) mass is 391 g/mol. The molecule has 7 heteroatoms. The topological polar surface area (TPSA) is 84.2 Å². The number of aromatic nitrogens is 1. The lowest BCUT2D eigenvalue weighted by Gasteiger charge is -2.08. The molecular formula is C21H17N3O3S. The van der Waals surface area contributed by atoms with E-state index in [1.54, 1.807) is 0 Å². The lowest BCUT2D eigenvalue weighted by molar-refractivity contribution is -0.118. The molecule has 6 nitrogen and oxygen atoms in total. The maximum Gasteiger partial charge on any atom is 0.231 e. The Labute approximate surface area is 166 Å². The number of carbonyl (C=O) groups excluding carboxylic acids is 1. The number of nitrogens with zero attached hydrogens (tertiary/aromatic N) is 2. The third-order valence-corrected chi connectivity index (χ3v) is 5.31. The number of pyridine rings is 1. The first-order chi connectivity index (χ1) is 13.6. The van der Waals surface area contributed by atoms with E-state index >= 15 is 0 Å². The minimum absolute atomic E-state index is 0.127. The molecule has 0 aliphatic carbocycles. The standard InChI is InChI=1S/C21H17N3O3S/c1-13-2-4-17-15(6-13)8-16(9-22)21(24-17)28-11-20(25)23-10-14-3-5-18-19(7-14)27-12-26-18/h2-8H,10-12H2,1H3,(H,23,25). The molecule has 1 N–H and O–H groups in total. The van der Waals surface area contributed by atoms with E-state index < -0.39 is 0 Å². The highest BCUT2D eigenvalue weighted by atomic mass is 32.2. The molecule has 1 aliphatic heterocycles. The summed E-state index contributed by atoms with van der Waals surface area (Å²) >= 11 is 1.26. The zero-order valence-electron chi connectivity index (χ0n) is 15.2. The number of aryl methyl sites for hydroxylation is 1. The van der Waals surface area contributed by atoms with Gasteiger partial charge < -0.3 is 14.8 Å². The number of benzene rings is 2. The number of hydrogen-bond acceptors (Lipinski definition) is 6. The van der Waals surface area contributed by atoms with Crippen molar-refractivity contribution in [1.29, 1.82) is 5.26 Å². The van der Waals surface area contributed by atoms with Crippen LogP contribution in [-0.2, 0) is 11.3 Å². The third-order valence-electron chi connectivity index (χ3n) is 4.32. The molecule has 0 radical (unpaired) electrons. The molecule has 0 spiro atoms. The van der Waals surface area contributed by atoms with E-state index in [0.29, 0.717) is 28.6 Å². The van der Waals surface area contributed by atoms with Crippen LogP contribution in [-0.4, -0.2) is 23.4 Å². The SMILES string of the molecule is Cc1ccc2nc(SCC(=O)NCc3ccc4c(c3)OCO4)c(C#N)cc2c1. The van der Waals surface area contributed by atoms with Gasteiger partial charge in [-0.15, -0.1) is 0 Å². The summed E-state index contributed by atoms with van der Waals surface area (Å²) in [4.78, 5) is 16.8. The molecule has 2 aromatic carbocycles. The van der Waals surface area contributed by atoms with Crippen molar-refractivity contribution in [3.05, 3.63) is 59.2 Å². The third kappa shape index (κ3) is 3.87. The average Bonchev–Trinajstić information content (AvgIpc) is 3.17. The average molecular weight is 391 g/mol. The van der Waals surface area contributed by atoms with Crippen LogP contribution in [0.25, 0.3) is 10.9 Å². The quantitative estimate of drug-likeness (QED) is 0.670. The molecule has 0 fully saturated rings. The van der Waals surface area contributed by atoms with Gasteiger partial charge in [0.1, 0.15) is 11.1 Å². The summed E-state index contributed by atoms with van der Waals surface area (Å²) in [6.45, 7) is 2.62. The molecule has 2 heterocycles. The number of nitrogens with one attached hydrogen (secondary N) is 1. The van der Waals surface area contributed by atoms with Crippen molar-refractivity contribution < 1.29 is 14.3 Å². The van der Waals surface area contributed by atoms with Crippen molar-refractivity contribution in [2.75, 3.05) is 12.5 Å². The summed E-state index contributed by atoms with van der Waals surface area (Å²) in [7, 11) is 0. The summed E-state index contributed by atoms with van der Waals surface area (Å²) in [6.07, 6.45) is 0. The van der Waals surface area contributed by atoms with Crippen LogP contribution in [0.1, 0.15) is 16.7 Å². The van der Waals surface area contributed by atoms with E-state index in [1.165, 1.54) is 11.8 Å². The van der Waals surface area contributed by atoms with E-state index in [2.05, 4.69) is 16.4 Å². The largest absolute Gasteiger partial charge is 0.454 e. The van der Waals surface area contributed by atoms with Crippen LogP contribution >= 0.6 is 11.8 Å². The Morgan fingerprint density at radius 1 is 1.21 bits per heavy atom. The highest BCUT2D eigenvalue weighted by molar-refractivity contribution is 8.00. The second-order valence-corrected chi connectivity index (χ2v) is 7.37. The highest BCUT2D eigenvalue weighted by Crippen LogP contribution is 2.32. The van der Waals surface area contributed by atoms with Gasteiger partial charge in [0.05, 0.1) is 16.8 Å². The van der Waals surface area contributed by atoms with Crippen LogP contribution < -0.4 is 14.8 Å². The smallest absolute Gasteiger partial charge is 0.231 e. The number of ether oxygens (including phenoxy) is 2. The van der Waals surface area contributed by atoms with Gasteiger partial charge in [0.25, 0.3) is 0 Å². The summed E-state index contributed by atoms with van der Waals surface area (Å²) in [5.74, 6) is 1.46. The summed E-state index contributed by atoms with van der Waals surface area (Å²) in [5, 5.41) is 13.8. The maximum absolute atomic E-state index is 12.2. The van der Waals surface area contributed by atoms with Gasteiger partial charge in [0.15, 0.2) is 11.5 Å². The Morgan fingerprint density at radius 3 is 2.93 bits per heavy atom. The fourth-order valence-electron chi connectivity index (χ4n) is 2.90. The van der Waals surface area contributed by atoms with Crippen LogP contribution in [0.4, 0.5) is 0 Å². The first-order valence-electron chi connectivity index (χ1n) is 8.72. The van der Waals surface area contributed by atoms with E-state index in [1.807, 2.05) is 49.4 Å². The van der Waals surface area contributed by atoms with E-state index in [0.717, 1.165) is 22.0 Å². The molecule has 0 atom stereocenters. The van der Waals surface area contributed by atoms with Crippen molar-refractivity contribution in [2.24, 2.45) is 0 Å². The molecule has 0 bridgehead atoms. The fourth-order valence-corrected chi connectivity index (χ4v) is 3.70.